The summed E-state index contributed by atoms with van der Waals surface area (Å²) < 4.78 is 13.5. The van der Waals surface area contributed by atoms with E-state index in [0.717, 1.165) is 0 Å². The zero-order chi connectivity index (χ0) is 13.1. The van der Waals surface area contributed by atoms with Crippen molar-refractivity contribution in [3.8, 4) is 0 Å². The van der Waals surface area contributed by atoms with Gasteiger partial charge in [-0.3, -0.25) is 4.79 Å². The molecule has 0 aliphatic carbocycles. The molecule has 0 unspecified atom stereocenters. The van der Waals surface area contributed by atoms with Crippen LogP contribution in [-0.4, -0.2) is 10.8 Å². The van der Waals surface area contributed by atoms with E-state index < -0.39 is 5.82 Å². The summed E-state index contributed by atoms with van der Waals surface area (Å²) in [5.41, 5.74) is 6.17. The first kappa shape index (κ1) is 12.5. The predicted octanol–water partition coefficient (Wildman–Crippen LogP) is 2.88. The van der Waals surface area contributed by atoms with E-state index >= 15 is 0 Å². The molecular formula is C13H10ClFN2O. The number of pyridine rings is 1. The van der Waals surface area contributed by atoms with Crippen LogP contribution in [0.25, 0.3) is 0 Å². The standard InChI is InChI=1S/C13H10ClFN2O/c14-9-3-4-11(15)10(7-9)12(18)6-8-2-1-5-17-13(8)16/h1-5,7H,6H2,(H2,16,17). The SMILES string of the molecule is Nc1ncccc1CC(=O)c1cc(Cl)ccc1F. The van der Waals surface area contributed by atoms with Crippen molar-refractivity contribution < 1.29 is 9.18 Å². The van der Waals surface area contributed by atoms with Gasteiger partial charge in [0.15, 0.2) is 5.78 Å². The molecule has 2 aromatic rings. The Kier molecular flexibility index (Phi) is 3.58. The Labute approximate surface area is 108 Å². The number of rotatable bonds is 3. The molecule has 3 nitrogen and oxygen atoms in total. The van der Waals surface area contributed by atoms with Gasteiger partial charge in [0, 0.05) is 23.2 Å². The summed E-state index contributed by atoms with van der Waals surface area (Å²) in [7, 11) is 0. The molecule has 2 N–H and O–H groups in total. The second-order valence-corrected chi connectivity index (χ2v) is 4.21. The number of aromatic nitrogens is 1. The highest BCUT2D eigenvalue weighted by molar-refractivity contribution is 6.31. The lowest BCUT2D eigenvalue weighted by atomic mass is 10.0. The van der Waals surface area contributed by atoms with Gasteiger partial charge in [0.1, 0.15) is 11.6 Å². The summed E-state index contributed by atoms with van der Waals surface area (Å²) in [6.07, 6.45) is 1.53. The van der Waals surface area contributed by atoms with Gasteiger partial charge in [-0.15, -0.1) is 0 Å². The van der Waals surface area contributed by atoms with Crippen molar-refractivity contribution in [3.63, 3.8) is 0 Å². The minimum Gasteiger partial charge on any atom is -0.383 e. The number of nitrogen functional groups attached to an aromatic ring is 1. The molecule has 0 atom stereocenters. The summed E-state index contributed by atoms with van der Waals surface area (Å²) in [5, 5.41) is 0.318. The Morgan fingerprint density at radius 3 is 2.89 bits per heavy atom. The molecule has 92 valence electrons. The van der Waals surface area contributed by atoms with E-state index in [4.69, 9.17) is 17.3 Å². The lowest BCUT2D eigenvalue weighted by Crippen LogP contribution is -2.08. The fourth-order valence-corrected chi connectivity index (χ4v) is 1.75. The van der Waals surface area contributed by atoms with Crippen molar-refractivity contribution in [1.82, 2.24) is 4.98 Å². The Bertz CT molecular complexity index is 601. The third-order valence-electron chi connectivity index (χ3n) is 2.51. The fourth-order valence-electron chi connectivity index (χ4n) is 1.58. The van der Waals surface area contributed by atoms with Crippen LogP contribution in [0.1, 0.15) is 15.9 Å². The lowest BCUT2D eigenvalue weighted by Gasteiger charge is -2.05. The molecule has 0 aliphatic rings. The third-order valence-corrected chi connectivity index (χ3v) is 2.74. The van der Waals surface area contributed by atoms with Crippen molar-refractivity contribution in [2.24, 2.45) is 0 Å². The van der Waals surface area contributed by atoms with Crippen molar-refractivity contribution in [2.75, 3.05) is 5.73 Å². The molecule has 1 heterocycles. The first-order chi connectivity index (χ1) is 8.58. The molecule has 0 aliphatic heterocycles. The molecule has 0 amide bonds. The number of halogens is 2. The molecule has 1 aromatic heterocycles. The summed E-state index contributed by atoms with van der Waals surface area (Å²) in [6, 6.07) is 7.23. The maximum Gasteiger partial charge on any atom is 0.170 e. The lowest BCUT2D eigenvalue weighted by molar-refractivity contribution is 0.0989. The monoisotopic (exact) mass is 264 g/mol. The van der Waals surface area contributed by atoms with Gasteiger partial charge >= 0.3 is 0 Å². The quantitative estimate of drug-likeness (QED) is 0.868. The number of ketones is 1. The number of hydrogen-bond acceptors (Lipinski definition) is 3. The zero-order valence-electron chi connectivity index (χ0n) is 9.36. The molecule has 0 saturated heterocycles. The Hall–Kier alpha value is -1.94. The van der Waals surface area contributed by atoms with E-state index in [-0.39, 0.29) is 23.6 Å². The number of nitrogens with zero attached hydrogens (tertiary/aromatic N) is 1. The van der Waals surface area contributed by atoms with Crippen molar-refractivity contribution in [1.29, 1.82) is 0 Å². The van der Waals surface area contributed by atoms with E-state index in [2.05, 4.69) is 4.98 Å². The van der Waals surface area contributed by atoms with Crippen LogP contribution in [0.15, 0.2) is 36.5 Å². The Balaban J connectivity index is 2.28. The highest BCUT2D eigenvalue weighted by Crippen LogP contribution is 2.18. The summed E-state index contributed by atoms with van der Waals surface area (Å²) in [6.45, 7) is 0. The van der Waals surface area contributed by atoms with E-state index in [1.165, 1.54) is 24.4 Å². The van der Waals surface area contributed by atoms with Gasteiger partial charge in [-0.25, -0.2) is 9.37 Å². The van der Waals surface area contributed by atoms with Crippen LogP contribution < -0.4 is 5.73 Å². The fraction of sp³-hybridized carbons (Fsp3) is 0.0769. The molecule has 1 aromatic carbocycles. The van der Waals surface area contributed by atoms with E-state index in [0.29, 0.717) is 10.6 Å². The molecule has 0 saturated carbocycles. The minimum atomic E-state index is -0.591. The van der Waals surface area contributed by atoms with E-state index in [1.807, 2.05) is 0 Å². The van der Waals surface area contributed by atoms with Crippen LogP contribution in [0.4, 0.5) is 10.2 Å². The van der Waals surface area contributed by atoms with Crippen molar-refractivity contribution in [2.45, 2.75) is 6.42 Å². The van der Waals surface area contributed by atoms with Gasteiger partial charge in [-0.05, 0) is 24.3 Å². The summed E-state index contributed by atoms with van der Waals surface area (Å²) in [4.78, 5) is 15.8. The molecule has 5 heteroatoms. The van der Waals surface area contributed by atoms with Gasteiger partial charge < -0.3 is 5.73 Å². The number of benzene rings is 1. The molecule has 0 fully saturated rings. The number of anilines is 1. The average Bonchev–Trinajstić information content (AvgIpc) is 2.35. The molecule has 0 spiro atoms. The first-order valence-electron chi connectivity index (χ1n) is 5.25. The van der Waals surface area contributed by atoms with Gasteiger partial charge in [0.25, 0.3) is 0 Å². The highest BCUT2D eigenvalue weighted by Gasteiger charge is 2.14. The second-order valence-electron chi connectivity index (χ2n) is 3.77. The topological polar surface area (TPSA) is 56.0 Å². The van der Waals surface area contributed by atoms with E-state index in [1.54, 1.807) is 12.1 Å². The number of Topliss-reactive ketones (excluding diaryl/α,β-unsaturated/α-hetero) is 1. The van der Waals surface area contributed by atoms with Gasteiger partial charge in [0.2, 0.25) is 0 Å². The van der Waals surface area contributed by atoms with Crippen molar-refractivity contribution in [3.05, 3.63) is 58.5 Å². The van der Waals surface area contributed by atoms with Crippen LogP contribution in [0.2, 0.25) is 5.02 Å². The maximum absolute atomic E-state index is 13.5. The van der Waals surface area contributed by atoms with Crippen LogP contribution in [0.5, 0.6) is 0 Å². The minimum absolute atomic E-state index is 0.00304. The van der Waals surface area contributed by atoms with Crippen LogP contribution in [-0.2, 0) is 6.42 Å². The predicted molar refractivity (Wildman–Crippen MR) is 68.1 cm³/mol. The largest absolute Gasteiger partial charge is 0.383 e. The summed E-state index contributed by atoms with van der Waals surface area (Å²) >= 11 is 5.74. The number of carbonyl (C=O) groups excluding carboxylic acids is 1. The molecule has 0 bridgehead atoms. The second kappa shape index (κ2) is 5.14. The first-order valence-corrected chi connectivity index (χ1v) is 5.63. The average molecular weight is 265 g/mol. The Morgan fingerprint density at radius 1 is 1.39 bits per heavy atom. The number of carbonyl (C=O) groups is 1. The Morgan fingerprint density at radius 2 is 2.17 bits per heavy atom. The molecule has 2 rings (SSSR count). The van der Waals surface area contributed by atoms with Gasteiger partial charge in [-0.1, -0.05) is 17.7 Å². The van der Waals surface area contributed by atoms with Crippen LogP contribution in [0.3, 0.4) is 0 Å². The van der Waals surface area contributed by atoms with Gasteiger partial charge in [0.05, 0.1) is 5.56 Å². The highest BCUT2D eigenvalue weighted by atomic mass is 35.5. The molecule has 0 radical (unpaired) electrons. The molecule has 18 heavy (non-hydrogen) atoms. The van der Waals surface area contributed by atoms with Crippen LogP contribution >= 0.6 is 11.6 Å². The molecular weight excluding hydrogens is 255 g/mol. The number of hydrogen-bond donors (Lipinski definition) is 1. The zero-order valence-corrected chi connectivity index (χ0v) is 10.1. The smallest absolute Gasteiger partial charge is 0.170 e. The van der Waals surface area contributed by atoms with Gasteiger partial charge in [-0.2, -0.15) is 0 Å². The number of nitrogens with two attached hydrogens (primary N) is 1. The van der Waals surface area contributed by atoms with E-state index in [9.17, 15) is 9.18 Å². The normalized spacial score (nSPS) is 10.3. The third kappa shape index (κ3) is 2.65. The van der Waals surface area contributed by atoms with Crippen LogP contribution in [0, 0.1) is 5.82 Å². The van der Waals surface area contributed by atoms with Crippen molar-refractivity contribution >= 4 is 23.2 Å². The maximum atomic E-state index is 13.5. The summed E-state index contributed by atoms with van der Waals surface area (Å²) in [5.74, 6) is -0.699.